The lowest BCUT2D eigenvalue weighted by Crippen LogP contribution is -2.47. The van der Waals surface area contributed by atoms with Gasteiger partial charge in [-0.3, -0.25) is 9.59 Å². The number of carboxylic acids is 1. The molecule has 2 aromatic carbocycles. The molecule has 2 rings (SSSR count). The number of carbonyl (C=O) groups is 2. The van der Waals surface area contributed by atoms with Crippen molar-refractivity contribution < 1.29 is 27.9 Å². The minimum absolute atomic E-state index is 0.0763. The van der Waals surface area contributed by atoms with Crippen molar-refractivity contribution in [1.82, 2.24) is 0 Å². The Balaban J connectivity index is 2.53. The Hall–Kier alpha value is -2.28. The van der Waals surface area contributed by atoms with Crippen LogP contribution in [0, 0.1) is 0 Å². The summed E-state index contributed by atoms with van der Waals surface area (Å²) in [5.74, 6) is -2.90. The molecule has 7 heteroatoms. The van der Waals surface area contributed by atoms with E-state index < -0.39 is 40.2 Å². The Labute approximate surface area is 140 Å². The van der Waals surface area contributed by atoms with E-state index in [0.717, 1.165) is 0 Å². The van der Waals surface area contributed by atoms with Gasteiger partial charge in [-0.1, -0.05) is 60.7 Å². The number of halogens is 3. The van der Waals surface area contributed by atoms with Crippen molar-refractivity contribution in [3.8, 4) is 0 Å². The lowest BCUT2D eigenvalue weighted by Gasteiger charge is -2.28. The van der Waals surface area contributed by atoms with Gasteiger partial charge < -0.3 is 5.11 Å². The van der Waals surface area contributed by atoms with Gasteiger partial charge in [-0.2, -0.15) is 13.2 Å². The van der Waals surface area contributed by atoms with Crippen LogP contribution in [0.2, 0.25) is 0 Å². The summed E-state index contributed by atoms with van der Waals surface area (Å²) in [6.45, 7) is 0. The van der Waals surface area contributed by atoms with Gasteiger partial charge in [0.2, 0.25) is 0 Å². The third-order valence-corrected chi connectivity index (χ3v) is 4.42. The van der Waals surface area contributed by atoms with Gasteiger partial charge in [0.1, 0.15) is 0 Å². The van der Waals surface area contributed by atoms with E-state index in [4.69, 9.17) is 0 Å². The third-order valence-electron chi connectivity index (χ3n) is 3.33. The van der Waals surface area contributed by atoms with Crippen molar-refractivity contribution in [2.75, 3.05) is 0 Å². The highest BCUT2D eigenvalue weighted by Crippen LogP contribution is 2.44. The zero-order valence-corrected chi connectivity index (χ0v) is 13.1. The summed E-state index contributed by atoms with van der Waals surface area (Å²) in [6.07, 6.45) is -0.568. The van der Waals surface area contributed by atoms with Crippen LogP contribution in [0.25, 0.3) is 0 Å². The van der Waals surface area contributed by atoms with Crippen LogP contribution in [0.4, 0.5) is 13.2 Å². The number of benzene rings is 2. The van der Waals surface area contributed by atoms with Crippen molar-refractivity contribution >= 4 is 23.5 Å². The van der Waals surface area contributed by atoms with Gasteiger partial charge in [0, 0.05) is 12.0 Å². The maximum absolute atomic E-state index is 13.0. The van der Waals surface area contributed by atoms with E-state index in [2.05, 4.69) is 0 Å². The largest absolute Gasteiger partial charge is 0.480 e. The number of alkyl halides is 3. The number of carbonyl (C=O) groups excluding carboxylic acids is 1. The zero-order chi connectivity index (χ0) is 17.8. The third kappa shape index (κ3) is 4.17. The molecule has 0 spiro atoms. The second kappa shape index (κ2) is 7.09. The van der Waals surface area contributed by atoms with Crippen molar-refractivity contribution in [2.45, 2.75) is 16.7 Å². The van der Waals surface area contributed by atoms with Crippen LogP contribution < -0.4 is 0 Å². The number of thioether (sulfide) groups is 1. The van der Waals surface area contributed by atoms with Crippen LogP contribution in [-0.4, -0.2) is 27.1 Å². The summed E-state index contributed by atoms with van der Waals surface area (Å²) in [5.41, 5.74) is -4.62. The topological polar surface area (TPSA) is 54.4 Å². The van der Waals surface area contributed by atoms with Gasteiger partial charge in [0.25, 0.3) is 0 Å². The van der Waals surface area contributed by atoms with Crippen molar-refractivity contribution in [2.24, 2.45) is 0 Å². The summed E-state index contributed by atoms with van der Waals surface area (Å²) >= 11 is -0.794. The molecule has 1 atom stereocenters. The highest BCUT2D eigenvalue weighted by Gasteiger charge is 2.54. The van der Waals surface area contributed by atoms with Gasteiger partial charge in [0.05, 0.1) is 0 Å². The maximum Gasteiger partial charge on any atom is 0.443 e. The molecule has 0 bridgehead atoms. The summed E-state index contributed by atoms with van der Waals surface area (Å²) in [6, 6.07) is 14.9. The molecule has 0 aliphatic rings. The average molecular weight is 354 g/mol. The molecule has 1 unspecified atom stereocenters. The quantitative estimate of drug-likeness (QED) is 0.624. The van der Waals surface area contributed by atoms with Crippen molar-refractivity contribution in [3.05, 3.63) is 71.8 Å². The summed E-state index contributed by atoms with van der Waals surface area (Å²) in [5, 5.41) is 9.54. The van der Waals surface area contributed by atoms with Gasteiger partial charge in [-0.25, -0.2) is 0 Å². The minimum atomic E-state index is -4.88. The molecule has 0 aliphatic heterocycles. The molecule has 0 radical (unpaired) electrons. The SMILES string of the molecule is O=C(O)C(Cc1ccccc1)(SC(F)(F)F)C(=O)c1ccccc1. The minimum Gasteiger partial charge on any atom is -0.480 e. The molecular formula is C17H13F3O3S. The number of rotatable bonds is 6. The predicted molar refractivity (Wildman–Crippen MR) is 84.9 cm³/mol. The van der Waals surface area contributed by atoms with Gasteiger partial charge in [-0.15, -0.1) is 0 Å². The second-order valence-electron chi connectivity index (χ2n) is 5.04. The highest BCUT2D eigenvalue weighted by molar-refractivity contribution is 8.03. The van der Waals surface area contributed by atoms with Gasteiger partial charge >= 0.3 is 11.5 Å². The molecular weight excluding hydrogens is 341 g/mol. The van der Waals surface area contributed by atoms with Crippen LogP contribution in [-0.2, 0) is 11.2 Å². The van der Waals surface area contributed by atoms with Gasteiger partial charge in [-0.05, 0) is 17.3 Å². The number of carboxylic acid groups (broad SMARTS) is 1. The molecule has 24 heavy (non-hydrogen) atoms. The Morgan fingerprint density at radius 1 is 0.917 bits per heavy atom. The first-order chi connectivity index (χ1) is 11.2. The summed E-state index contributed by atoms with van der Waals surface area (Å²) < 4.78 is 36.4. The van der Waals surface area contributed by atoms with Crippen LogP contribution in [0.5, 0.6) is 0 Å². The van der Waals surface area contributed by atoms with Gasteiger partial charge in [0.15, 0.2) is 10.5 Å². The molecule has 3 nitrogen and oxygen atoms in total. The summed E-state index contributed by atoms with van der Waals surface area (Å²) in [4.78, 5) is 24.5. The smallest absolute Gasteiger partial charge is 0.443 e. The molecule has 1 N–H and O–H groups in total. The fourth-order valence-corrected chi connectivity index (χ4v) is 3.21. The molecule has 0 saturated carbocycles. The lowest BCUT2D eigenvalue weighted by atomic mass is 9.90. The van der Waals surface area contributed by atoms with E-state index in [9.17, 15) is 27.9 Å². The van der Waals surface area contributed by atoms with Crippen molar-refractivity contribution in [3.63, 3.8) is 0 Å². The molecule has 0 amide bonds. The predicted octanol–water partition coefficient (Wildman–Crippen LogP) is 4.19. The molecule has 0 aromatic heterocycles. The van der Waals surface area contributed by atoms with E-state index in [1.807, 2.05) is 0 Å². The molecule has 0 aliphatic carbocycles. The standard InChI is InChI=1S/C17H13F3O3S/c18-17(19,20)24-16(15(22)23,11-12-7-3-1-4-8-12)14(21)13-9-5-2-6-10-13/h1-10H,11H2,(H,22,23). The van der Waals surface area contributed by atoms with Crippen LogP contribution >= 0.6 is 11.8 Å². The molecule has 0 fully saturated rings. The monoisotopic (exact) mass is 354 g/mol. The Kier molecular flexibility index (Phi) is 5.33. The average Bonchev–Trinajstić information content (AvgIpc) is 2.54. The van der Waals surface area contributed by atoms with E-state index in [1.165, 1.54) is 36.4 Å². The van der Waals surface area contributed by atoms with E-state index in [-0.39, 0.29) is 5.56 Å². The first-order valence-electron chi connectivity index (χ1n) is 6.89. The Morgan fingerprint density at radius 2 is 1.42 bits per heavy atom. The number of hydrogen-bond acceptors (Lipinski definition) is 3. The number of aliphatic carboxylic acids is 1. The van der Waals surface area contributed by atoms with Crippen LogP contribution in [0.15, 0.2) is 60.7 Å². The first kappa shape index (κ1) is 18.1. The fourth-order valence-electron chi connectivity index (χ4n) is 2.28. The molecule has 2 aromatic rings. The molecule has 0 saturated heterocycles. The van der Waals surface area contributed by atoms with E-state index in [1.54, 1.807) is 24.3 Å². The van der Waals surface area contributed by atoms with E-state index >= 15 is 0 Å². The fraction of sp³-hybridized carbons (Fsp3) is 0.176. The number of Topliss-reactive ketones (excluding diaryl/α,β-unsaturated/α-hetero) is 1. The molecule has 0 heterocycles. The Morgan fingerprint density at radius 3 is 1.88 bits per heavy atom. The highest BCUT2D eigenvalue weighted by atomic mass is 32.2. The van der Waals surface area contributed by atoms with E-state index in [0.29, 0.717) is 5.56 Å². The molecule has 126 valence electrons. The number of hydrogen-bond donors (Lipinski definition) is 1. The Bertz CT molecular complexity index is 717. The van der Waals surface area contributed by atoms with Crippen molar-refractivity contribution in [1.29, 1.82) is 0 Å². The number of ketones is 1. The summed E-state index contributed by atoms with van der Waals surface area (Å²) in [7, 11) is 0. The lowest BCUT2D eigenvalue weighted by molar-refractivity contribution is -0.138. The van der Waals surface area contributed by atoms with Crippen LogP contribution in [0.1, 0.15) is 15.9 Å². The second-order valence-corrected chi connectivity index (χ2v) is 6.40. The maximum atomic E-state index is 13.0. The first-order valence-corrected chi connectivity index (χ1v) is 7.70. The van der Waals surface area contributed by atoms with Crippen LogP contribution in [0.3, 0.4) is 0 Å². The normalized spacial score (nSPS) is 14.0. The zero-order valence-electron chi connectivity index (χ0n) is 12.3.